The third-order valence-electron chi connectivity index (χ3n) is 3.00. The molecule has 1 saturated carbocycles. The molecule has 0 spiro atoms. The van der Waals surface area contributed by atoms with Crippen molar-refractivity contribution in [1.29, 1.82) is 0 Å². The highest BCUT2D eigenvalue weighted by molar-refractivity contribution is 5.59. The van der Waals surface area contributed by atoms with Gasteiger partial charge in [-0.1, -0.05) is 6.42 Å². The Hall–Kier alpha value is -1.89. The molecule has 0 unspecified atom stereocenters. The Bertz CT molecular complexity index is 419. The molecule has 1 aliphatic carbocycles. The van der Waals surface area contributed by atoms with Gasteiger partial charge in [0, 0.05) is 12.6 Å². The minimum Gasteiger partial charge on any atom is -0.364 e. The van der Waals surface area contributed by atoms with Crippen molar-refractivity contribution in [2.24, 2.45) is 11.8 Å². The monoisotopic (exact) mass is 237 g/mol. The molecule has 1 fully saturated rings. The topological polar surface area (TPSA) is 106 Å². The Balaban J connectivity index is 2.12. The molecule has 0 amide bonds. The zero-order chi connectivity index (χ0) is 12.3. The lowest BCUT2D eigenvalue weighted by atomic mass is 9.85. The molecule has 1 aliphatic rings. The number of aromatic nitrogens is 1. The van der Waals surface area contributed by atoms with Gasteiger partial charge in [-0.25, -0.2) is 10.8 Å². The van der Waals surface area contributed by atoms with Crippen LogP contribution >= 0.6 is 0 Å². The van der Waals surface area contributed by atoms with Gasteiger partial charge in [-0.2, -0.15) is 0 Å². The number of rotatable bonds is 5. The van der Waals surface area contributed by atoms with Crippen molar-refractivity contribution in [3.05, 3.63) is 22.2 Å². The predicted octanol–water partition coefficient (Wildman–Crippen LogP) is 1.49. The normalized spacial score (nSPS) is 15.1. The van der Waals surface area contributed by atoms with Gasteiger partial charge in [-0.3, -0.25) is 10.1 Å². The van der Waals surface area contributed by atoms with Crippen LogP contribution in [-0.2, 0) is 0 Å². The number of nitrogens with two attached hydrogens (primary N) is 1. The molecule has 0 saturated heterocycles. The second-order valence-electron chi connectivity index (χ2n) is 4.14. The van der Waals surface area contributed by atoms with E-state index in [-0.39, 0.29) is 11.5 Å². The second-order valence-corrected chi connectivity index (χ2v) is 4.14. The Labute approximate surface area is 98.5 Å². The molecular formula is C10H15N5O2. The van der Waals surface area contributed by atoms with Crippen LogP contribution in [0.15, 0.2) is 12.1 Å². The third kappa shape index (κ3) is 2.62. The molecule has 0 aliphatic heterocycles. The number of nitrogens with zero attached hydrogens (tertiary/aromatic N) is 2. The number of pyridine rings is 1. The number of nitrogens with one attached hydrogen (secondary N) is 2. The highest BCUT2D eigenvalue weighted by Gasteiger charge is 2.20. The van der Waals surface area contributed by atoms with E-state index >= 15 is 0 Å². The molecule has 2 rings (SSSR count). The summed E-state index contributed by atoms with van der Waals surface area (Å²) in [5.41, 5.74) is 2.35. The maximum atomic E-state index is 10.8. The maximum Gasteiger partial charge on any atom is 0.311 e. The number of hydrazine groups is 1. The van der Waals surface area contributed by atoms with E-state index in [1.807, 2.05) is 0 Å². The van der Waals surface area contributed by atoms with E-state index < -0.39 is 4.92 Å². The van der Waals surface area contributed by atoms with E-state index in [4.69, 9.17) is 5.84 Å². The van der Waals surface area contributed by atoms with Crippen LogP contribution in [0.4, 0.5) is 17.3 Å². The lowest BCUT2D eigenvalue weighted by Gasteiger charge is -2.25. The summed E-state index contributed by atoms with van der Waals surface area (Å²) in [4.78, 5) is 14.4. The number of nitrogen functional groups attached to an aromatic ring is 1. The highest BCUT2D eigenvalue weighted by atomic mass is 16.6. The second kappa shape index (κ2) is 4.96. The summed E-state index contributed by atoms with van der Waals surface area (Å²) >= 11 is 0. The van der Waals surface area contributed by atoms with Crippen molar-refractivity contribution in [3.8, 4) is 0 Å². The molecule has 7 heteroatoms. The average Bonchev–Trinajstić information content (AvgIpc) is 2.26. The van der Waals surface area contributed by atoms with Crippen LogP contribution in [0.3, 0.4) is 0 Å². The summed E-state index contributed by atoms with van der Waals surface area (Å²) in [6.07, 6.45) is 3.59. The quantitative estimate of drug-likeness (QED) is 0.407. The number of hydrogen-bond acceptors (Lipinski definition) is 6. The SMILES string of the molecule is NNc1ccc([N+](=O)[O-])c(NCC2CCC2)n1. The molecule has 92 valence electrons. The van der Waals surface area contributed by atoms with Crippen LogP contribution in [-0.4, -0.2) is 16.5 Å². The van der Waals surface area contributed by atoms with Gasteiger partial charge >= 0.3 is 5.69 Å². The van der Waals surface area contributed by atoms with Crippen molar-refractivity contribution in [3.63, 3.8) is 0 Å². The molecule has 1 aromatic rings. The van der Waals surface area contributed by atoms with Crippen LogP contribution < -0.4 is 16.6 Å². The van der Waals surface area contributed by atoms with E-state index in [9.17, 15) is 10.1 Å². The molecule has 0 aromatic carbocycles. The number of anilines is 2. The lowest BCUT2D eigenvalue weighted by Crippen LogP contribution is -2.22. The minimum absolute atomic E-state index is 0.0247. The van der Waals surface area contributed by atoms with Gasteiger partial charge in [0.15, 0.2) is 0 Å². The van der Waals surface area contributed by atoms with Gasteiger partial charge in [0.2, 0.25) is 5.82 Å². The van der Waals surface area contributed by atoms with Crippen molar-refractivity contribution in [1.82, 2.24) is 4.98 Å². The van der Waals surface area contributed by atoms with E-state index in [1.54, 1.807) is 0 Å². The standard InChI is InChI=1S/C10H15N5O2/c11-14-9-5-4-8(15(16)17)10(13-9)12-6-7-2-1-3-7/h4-5,7H,1-3,6,11H2,(H2,12,13,14). The first-order valence-corrected chi connectivity index (χ1v) is 5.56. The van der Waals surface area contributed by atoms with E-state index in [2.05, 4.69) is 15.7 Å². The molecule has 0 bridgehead atoms. The first kappa shape index (κ1) is 11.6. The van der Waals surface area contributed by atoms with Crippen molar-refractivity contribution in [2.45, 2.75) is 19.3 Å². The highest BCUT2D eigenvalue weighted by Crippen LogP contribution is 2.28. The molecule has 0 atom stereocenters. The first-order valence-electron chi connectivity index (χ1n) is 5.56. The molecule has 0 radical (unpaired) electrons. The molecule has 4 N–H and O–H groups in total. The largest absolute Gasteiger partial charge is 0.364 e. The fraction of sp³-hybridized carbons (Fsp3) is 0.500. The zero-order valence-corrected chi connectivity index (χ0v) is 9.35. The summed E-state index contributed by atoms with van der Waals surface area (Å²) in [6.45, 7) is 0.724. The summed E-state index contributed by atoms with van der Waals surface area (Å²) in [6, 6.07) is 2.87. The first-order chi connectivity index (χ1) is 8.20. The van der Waals surface area contributed by atoms with Crippen molar-refractivity contribution >= 4 is 17.3 Å². The number of hydrogen-bond donors (Lipinski definition) is 3. The minimum atomic E-state index is -0.448. The maximum absolute atomic E-state index is 10.8. The summed E-state index contributed by atoms with van der Waals surface area (Å²) in [5, 5.41) is 13.8. The van der Waals surface area contributed by atoms with E-state index in [1.165, 1.54) is 31.4 Å². The summed E-state index contributed by atoms with van der Waals surface area (Å²) in [5.74, 6) is 6.52. The fourth-order valence-corrected chi connectivity index (χ4v) is 1.75. The lowest BCUT2D eigenvalue weighted by molar-refractivity contribution is -0.384. The number of nitro groups is 1. The van der Waals surface area contributed by atoms with E-state index in [0.29, 0.717) is 11.7 Å². The average molecular weight is 237 g/mol. The van der Waals surface area contributed by atoms with Crippen LogP contribution in [0.1, 0.15) is 19.3 Å². The van der Waals surface area contributed by atoms with Crippen molar-refractivity contribution in [2.75, 3.05) is 17.3 Å². The van der Waals surface area contributed by atoms with Gasteiger partial charge in [-0.05, 0) is 24.8 Å². The Morgan fingerprint density at radius 2 is 2.29 bits per heavy atom. The van der Waals surface area contributed by atoms with Gasteiger partial charge in [0.25, 0.3) is 0 Å². The van der Waals surface area contributed by atoms with E-state index in [0.717, 1.165) is 6.54 Å². The van der Waals surface area contributed by atoms with Crippen LogP contribution in [0.2, 0.25) is 0 Å². The van der Waals surface area contributed by atoms with Crippen LogP contribution in [0.25, 0.3) is 0 Å². The predicted molar refractivity (Wildman–Crippen MR) is 64.5 cm³/mol. The van der Waals surface area contributed by atoms with Gasteiger partial charge in [-0.15, -0.1) is 0 Å². The van der Waals surface area contributed by atoms with Crippen molar-refractivity contribution < 1.29 is 4.92 Å². The van der Waals surface area contributed by atoms with Crippen LogP contribution in [0.5, 0.6) is 0 Å². The summed E-state index contributed by atoms with van der Waals surface area (Å²) in [7, 11) is 0. The molecule has 1 aromatic heterocycles. The van der Waals surface area contributed by atoms with Crippen LogP contribution in [0, 0.1) is 16.0 Å². The molecule has 17 heavy (non-hydrogen) atoms. The van der Waals surface area contributed by atoms with Gasteiger partial charge in [0.1, 0.15) is 5.82 Å². The zero-order valence-electron chi connectivity index (χ0n) is 9.35. The Kier molecular flexibility index (Phi) is 3.38. The smallest absolute Gasteiger partial charge is 0.311 e. The Morgan fingerprint density at radius 1 is 1.53 bits per heavy atom. The Morgan fingerprint density at radius 3 is 2.82 bits per heavy atom. The molecule has 1 heterocycles. The molecule has 7 nitrogen and oxygen atoms in total. The molecular weight excluding hydrogens is 222 g/mol. The fourth-order valence-electron chi connectivity index (χ4n) is 1.75. The van der Waals surface area contributed by atoms with Gasteiger partial charge in [0.05, 0.1) is 4.92 Å². The third-order valence-corrected chi connectivity index (χ3v) is 3.00. The summed E-state index contributed by atoms with van der Waals surface area (Å²) < 4.78 is 0. The van der Waals surface area contributed by atoms with Gasteiger partial charge < -0.3 is 10.7 Å².